The zero-order valence-electron chi connectivity index (χ0n) is 68.3. The summed E-state index contributed by atoms with van der Waals surface area (Å²) in [6, 6.07) is -0.814. The van der Waals surface area contributed by atoms with Gasteiger partial charge in [-0.1, -0.05) is 503 Å². The van der Waals surface area contributed by atoms with E-state index >= 15 is 0 Å². The van der Waals surface area contributed by atoms with E-state index in [4.69, 9.17) is 5.73 Å². The third-order valence-electron chi connectivity index (χ3n) is 24.0. The number of rotatable bonds is 78. The fourth-order valence-electron chi connectivity index (χ4n) is 17.6. The van der Waals surface area contributed by atoms with Crippen molar-refractivity contribution in [2.24, 2.45) is 22.0 Å². The molecule has 0 rings (SSSR count). The summed E-state index contributed by atoms with van der Waals surface area (Å²) in [5.74, 6) is -0.375. The molecule has 0 saturated carbocycles. The second kappa shape index (κ2) is 74.1. The number of nitrogens with one attached hydrogen (secondary N) is 1. The van der Waals surface area contributed by atoms with Crippen molar-refractivity contribution >= 4 is 27.9 Å². The van der Waals surface area contributed by atoms with Crippen LogP contribution < -0.4 is 11.1 Å². The molecule has 3 N–H and O–H groups in total. The van der Waals surface area contributed by atoms with Gasteiger partial charge < -0.3 is 5.73 Å². The molecule has 0 heterocycles. The first-order valence-corrected chi connectivity index (χ1v) is 46.0. The molecular weight excluding hydrogens is 1230 g/mol. The maximum Gasteiger partial charge on any atom is 0.318 e. The predicted molar refractivity (Wildman–Crippen MR) is 440 cm³/mol. The second-order valence-corrected chi connectivity index (χ2v) is 33.8. The number of hydrogen-bond donors (Lipinski definition) is 2. The monoisotopic (exact) mass is 1420 g/mol. The highest BCUT2D eigenvalue weighted by Crippen LogP contribution is 2.69. The molecule has 4 nitrogen and oxygen atoms in total. The predicted octanol–water partition coefficient (Wildman–Crippen LogP) is 33.7. The van der Waals surface area contributed by atoms with Gasteiger partial charge in [0, 0.05) is 0 Å². The van der Waals surface area contributed by atoms with Crippen molar-refractivity contribution in [2.45, 2.75) is 555 Å². The van der Waals surface area contributed by atoms with Crippen molar-refractivity contribution in [3.8, 4) is 0 Å². The van der Waals surface area contributed by atoms with E-state index in [1.165, 1.54) is 417 Å². The number of carbonyl (C=O) groups is 2. The topological polar surface area (TPSA) is 72.2 Å². The van der Waals surface area contributed by atoms with Gasteiger partial charge in [-0.3, -0.25) is 10.1 Å². The van der Waals surface area contributed by atoms with Gasteiger partial charge in [-0.15, -0.1) is 0 Å². The van der Waals surface area contributed by atoms with Gasteiger partial charge in [-0.05, 0) is 80.5 Å². The third-order valence-corrected chi connectivity index (χ3v) is 25.5. The van der Waals surface area contributed by atoms with Gasteiger partial charge in [0.25, 0.3) is 0 Å². The fourth-order valence-corrected chi connectivity index (χ4v) is 17.7. The van der Waals surface area contributed by atoms with Crippen LogP contribution in [0.25, 0.3) is 0 Å². The smallest absolute Gasteiger partial charge is 0.318 e. The highest BCUT2D eigenvalue weighted by Gasteiger charge is 2.59. The lowest BCUT2D eigenvalue weighted by atomic mass is 9.41. The Morgan fingerprint density at radius 1 is 0.229 bits per heavy atom. The van der Waals surface area contributed by atoms with E-state index in [1.54, 1.807) is 51.4 Å². The number of carbonyl (C=O) groups excluding carboxylic acids is 2. The molecule has 0 aliphatic rings. The van der Waals surface area contributed by atoms with Crippen LogP contribution in [0.15, 0.2) is 0 Å². The van der Waals surface area contributed by atoms with Gasteiger partial charge in [-0.25, -0.2) is 4.79 Å². The summed E-state index contributed by atoms with van der Waals surface area (Å²) in [5.41, 5.74) is 6.25. The normalized spacial score (nSPS) is 12.2. The third kappa shape index (κ3) is 53.2. The maximum atomic E-state index is 11.3. The maximum absolute atomic E-state index is 11.3. The molecule has 3 amide bonds. The molecule has 5 heteroatoms. The Morgan fingerprint density at radius 2 is 0.365 bits per heavy atom. The van der Waals surface area contributed by atoms with Gasteiger partial charge in [0.15, 0.2) is 0 Å². The van der Waals surface area contributed by atoms with Gasteiger partial charge >= 0.3 is 6.03 Å². The number of alkyl halides is 1. The van der Waals surface area contributed by atoms with E-state index in [2.05, 4.69) is 71.3 Å². The highest BCUT2D eigenvalue weighted by atomic mass is 79.9. The van der Waals surface area contributed by atoms with Crippen molar-refractivity contribution in [2.75, 3.05) is 0 Å². The van der Waals surface area contributed by atoms with E-state index < -0.39 is 10.4 Å². The minimum Gasteiger partial charge on any atom is -0.351 e. The van der Waals surface area contributed by atoms with Crippen LogP contribution in [0.5, 0.6) is 0 Å². The Labute approximate surface area is 616 Å². The van der Waals surface area contributed by atoms with E-state index in [9.17, 15) is 9.59 Å². The molecule has 0 spiro atoms. The van der Waals surface area contributed by atoms with Gasteiger partial charge in [0.2, 0.25) is 5.91 Å². The number of imide groups is 1. The molecule has 0 aromatic carbocycles. The van der Waals surface area contributed by atoms with E-state index in [0.29, 0.717) is 29.1 Å². The van der Waals surface area contributed by atoms with Crippen LogP contribution in [0.1, 0.15) is 551 Å². The number of primary amides is 1. The molecule has 0 saturated heterocycles. The zero-order chi connectivity index (χ0) is 70.9. The van der Waals surface area contributed by atoms with Crippen molar-refractivity contribution < 1.29 is 9.59 Å². The lowest BCUT2D eigenvalue weighted by molar-refractivity contribution is -0.140. The summed E-state index contributed by atoms with van der Waals surface area (Å²) >= 11 is 3.26. The molecule has 0 radical (unpaired) electrons. The average molecular weight is 1420 g/mol. The SMILES string of the molecule is CCC(Br)(CC)C(=O)NC(N)=O.CCCCCCCCCCCC(CCCCCCCCCC)(CCCCCCCCCC)C(CCCCCCCCCC)(CCCCCCCCCC)C(CCCCCCCCCC)(CCCCCCCCCC)CCCCCCCCCC. The summed E-state index contributed by atoms with van der Waals surface area (Å²) in [4.78, 5) is 21.6. The molecule has 0 atom stereocenters. The first kappa shape index (κ1) is 97.5. The van der Waals surface area contributed by atoms with Crippen molar-refractivity contribution in [3.05, 3.63) is 0 Å². The summed E-state index contributed by atoms with van der Waals surface area (Å²) in [7, 11) is 0. The number of urea groups is 1. The van der Waals surface area contributed by atoms with Crippen LogP contribution in [0.3, 0.4) is 0 Å². The van der Waals surface area contributed by atoms with Crippen LogP contribution in [-0.4, -0.2) is 16.3 Å². The van der Waals surface area contributed by atoms with Crippen LogP contribution in [0, 0.1) is 16.2 Å². The van der Waals surface area contributed by atoms with Crippen LogP contribution in [0.4, 0.5) is 4.79 Å². The van der Waals surface area contributed by atoms with E-state index in [1.807, 2.05) is 19.2 Å². The van der Waals surface area contributed by atoms with E-state index in [-0.39, 0.29) is 5.91 Å². The van der Waals surface area contributed by atoms with E-state index in [0.717, 1.165) is 0 Å². The van der Waals surface area contributed by atoms with Crippen molar-refractivity contribution in [3.63, 3.8) is 0 Å². The second-order valence-electron chi connectivity index (χ2n) is 32.3. The minimum absolute atomic E-state index is 0.375. The number of amides is 3. The molecule has 0 aromatic heterocycles. The van der Waals surface area contributed by atoms with Crippen LogP contribution in [0.2, 0.25) is 0 Å². The average Bonchev–Trinajstić information content (AvgIpc) is 0.723. The summed E-state index contributed by atoms with van der Waals surface area (Å²) < 4.78 is -0.665. The molecule has 0 aliphatic heterocycles. The van der Waals surface area contributed by atoms with Gasteiger partial charge in [0.1, 0.15) is 4.32 Å². The molecule has 0 bridgehead atoms. The van der Waals surface area contributed by atoms with Crippen molar-refractivity contribution in [1.82, 2.24) is 5.32 Å². The fraction of sp³-hybridized carbons (Fsp3) is 0.978. The minimum atomic E-state index is -0.814. The molecule has 0 fully saturated rings. The molecule has 0 unspecified atom stereocenters. The highest BCUT2D eigenvalue weighted by molar-refractivity contribution is 9.10. The first-order valence-electron chi connectivity index (χ1n) is 45.2. The standard InChI is InChI=1S/C84H170.C7H13BrN2O2/c1-9-17-25-33-41-49-55-63-71-79-83(77-69-61-53-45-37-29-21-13-5,78-70-62-54-46-38-30-22-14-6)84(80-72-64-56-47-39-31-23-15-7,81-73-65-57-48-40-32-24-16-8)82(74-66-58-50-42-34-26-18-10-2,75-67-59-51-43-35-27-19-11-3)76-68-60-52-44-36-28-20-12-4;1-3-7(8,4-2)5(11)10-6(9)12/h9-81H2,1-8H3;3-4H2,1-2H3,(H3,9,10,11,12). The molecule has 576 valence electrons. The molecular formula is C91H183BrN2O2. The summed E-state index contributed by atoms with van der Waals surface area (Å²) in [5, 5.41) is 2.04. The number of unbranched alkanes of at least 4 members (excludes halogenated alkanes) is 57. The molecule has 0 aliphatic carbocycles. The van der Waals surface area contributed by atoms with Gasteiger partial charge in [0.05, 0.1) is 0 Å². The Bertz CT molecular complexity index is 1450. The van der Waals surface area contributed by atoms with Crippen LogP contribution >= 0.6 is 15.9 Å². The zero-order valence-corrected chi connectivity index (χ0v) is 69.9. The quantitative estimate of drug-likeness (QED) is 0.0470. The number of halogens is 1. The van der Waals surface area contributed by atoms with Crippen molar-refractivity contribution in [1.29, 1.82) is 0 Å². The Morgan fingerprint density at radius 3 is 0.500 bits per heavy atom. The lowest BCUT2D eigenvalue weighted by Gasteiger charge is -2.64. The first-order chi connectivity index (χ1) is 46.9. The number of hydrogen-bond acceptors (Lipinski definition) is 2. The van der Waals surface area contributed by atoms with Gasteiger partial charge in [-0.2, -0.15) is 0 Å². The Balaban J connectivity index is 0. The largest absolute Gasteiger partial charge is 0.351 e. The number of nitrogens with two attached hydrogens (primary N) is 1. The molecule has 96 heavy (non-hydrogen) atoms. The van der Waals surface area contributed by atoms with Crippen LogP contribution in [-0.2, 0) is 4.79 Å². The molecule has 0 aromatic rings. The summed E-state index contributed by atoms with van der Waals surface area (Å²) in [6.07, 6.45) is 110. The lowest BCUT2D eigenvalue weighted by Crippen LogP contribution is -2.54. The Kier molecular flexibility index (Phi) is 75.3. The Hall–Kier alpha value is -0.580. The summed E-state index contributed by atoms with van der Waals surface area (Å²) in [6.45, 7) is 23.0.